The van der Waals surface area contributed by atoms with Gasteiger partial charge in [0.15, 0.2) is 0 Å². The van der Waals surface area contributed by atoms with Crippen molar-refractivity contribution in [3.05, 3.63) is 74.4 Å². The molecule has 3 aromatic rings. The highest BCUT2D eigenvalue weighted by molar-refractivity contribution is 6.32. The van der Waals surface area contributed by atoms with E-state index in [9.17, 15) is 19.7 Å². The lowest BCUT2D eigenvalue weighted by Gasteiger charge is -2.39. The molecular formula is C21H16ClN3O4. The van der Waals surface area contributed by atoms with E-state index in [1.165, 1.54) is 18.2 Å². The molecule has 0 fully saturated rings. The van der Waals surface area contributed by atoms with Gasteiger partial charge in [-0.3, -0.25) is 24.3 Å². The number of nitrogens with zero attached hydrogens (tertiary/aromatic N) is 3. The minimum Gasteiger partial charge on any atom is -0.330 e. The number of halogens is 1. The Labute approximate surface area is 170 Å². The SMILES string of the molecule is O=C(c1ccc(Cl)c([N+](=O)[O-])c1)N1CCc2c3n(c4ccccc24)C(=O)CCC31. The van der Waals surface area contributed by atoms with Crippen molar-refractivity contribution in [1.82, 2.24) is 9.47 Å². The fraction of sp³-hybridized carbons (Fsp3) is 0.238. The van der Waals surface area contributed by atoms with E-state index in [1.807, 2.05) is 24.3 Å². The van der Waals surface area contributed by atoms with Crippen molar-refractivity contribution in [3.63, 3.8) is 0 Å². The Morgan fingerprint density at radius 1 is 1.17 bits per heavy atom. The summed E-state index contributed by atoms with van der Waals surface area (Å²) < 4.78 is 1.75. The highest BCUT2D eigenvalue weighted by Crippen LogP contribution is 2.43. The van der Waals surface area contributed by atoms with Gasteiger partial charge >= 0.3 is 0 Å². The van der Waals surface area contributed by atoms with Crippen molar-refractivity contribution in [2.45, 2.75) is 25.3 Å². The zero-order chi connectivity index (χ0) is 20.3. The summed E-state index contributed by atoms with van der Waals surface area (Å²) in [4.78, 5) is 38.3. The summed E-state index contributed by atoms with van der Waals surface area (Å²) in [7, 11) is 0. The highest BCUT2D eigenvalue weighted by atomic mass is 35.5. The molecule has 0 saturated carbocycles. The molecule has 1 amide bonds. The first-order valence-electron chi connectivity index (χ1n) is 9.37. The third kappa shape index (κ3) is 2.57. The molecule has 5 rings (SSSR count). The number of hydrogen-bond acceptors (Lipinski definition) is 4. The lowest BCUT2D eigenvalue weighted by molar-refractivity contribution is -0.384. The first-order valence-corrected chi connectivity index (χ1v) is 9.75. The first kappa shape index (κ1) is 17.9. The summed E-state index contributed by atoms with van der Waals surface area (Å²) in [5.41, 5.74) is 2.81. The molecule has 0 spiro atoms. The Bertz CT molecular complexity index is 1220. The number of rotatable bonds is 2. The van der Waals surface area contributed by atoms with E-state index in [-0.39, 0.29) is 34.1 Å². The van der Waals surface area contributed by atoms with Crippen LogP contribution in [0.15, 0.2) is 42.5 Å². The first-order chi connectivity index (χ1) is 14.0. The monoisotopic (exact) mass is 409 g/mol. The number of amides is 1. The smallest absolute Gasteiger partial charge is 0.288 e. The summed E-state index contributed by atoms with van der Waals surface area (Å²) in [5.74, 6) is -0.248. The molecular weight excluding hydrogens is 394 g/mol. The van der Waals surface area contributed by atoms with Gasteiger partial charge in [0.1, 0.15) is 5.02 Å². The second-order valence-electron chi connectivity index (χ2n) is 7.34. The number of carbonyl (C=O) groups is 2. The Hall–Kier alpha value is -3.19. The Morgan fingerprint density at radius 2 is 1.97 bits per heavy atom. The van der Waals surface area contributed by atoms with Gasteiger partial charge in [-0.2, -0.15) is 0 Å². The molecule has 0 bridgehead atoms. The molecule has 1 unspecified atom stereocenters. The van der Waals surface area contributed by atoms with Crippen LogP contribution in [-0.2, 0) is 6.42 Å². The van der Waals surface area contributed by atoms with Crippen LogP contribution in [0.1, 0.15) is 45.3 Å². The lowest BCUT2D eigenvalue weighted by Crippen LogP contribution is -2.43. The van der Waals surface area contributed by atoms with Crippen LogP contribution in [0.4, 0.5) is 5.69 Å². The van der Waals surface area contributed by atoms with Crippen LogP contribution in [0.25, 0.3) is 10.9 Å². The van der Waals surface area contributed by atoms with Gasteiger partial charge in [0, 0.05) is 30.0 Å². The average Bonchev–Trinajstić information content (AvgIpc) is 3.06. The predicted octanol–water partition coefficient (Wildman–Crippen LogP) is 4.38. The van der Waals surface area contributed by atoms with Crippen molar-refractivity contribution in [1.29, 1.82) is 0 Å². The summed E-state index contributed by atoms with van der Waals surface area (Å²) in [5, 5.41) is 12.3. The third-order valence-electron chi connectivity index (χ3n) is 5.85. The van der Waals surface area contributed by atoms with E-state index in [1.54, 1.807) is 9.47 Å². The zero-order valence-electron chi connectivity index (χ0n) is 15.3. The molecule has 0 radical (unpaired) electrons. The molecule has 2 aliphatic heterocycles. The van der Waals surface area contributed by atoms with Gasteiger partial charge in [-0.15, -0.1) is 0 Å². The van der Waals surface area contributed by atoms with Crippen molar-refractivity contribution < 1.29 is 14.5 Å². The Kier molecular flexibility index (Phi) is 3.96. The van der Waals surface area contributed by atoms with Crippen molar-refractivity contribution in [3.8, 4) is 0 Å². The van der Waals surface area contributed by atoms with E-state index in [4.69, 9.17) is 11.6 Å². The topological polar surface area (TPSA) is 85.4 Å². The van der Waals surface area contributed by atoms with Gasteiger partial charge in [-0.25, -0.2) is 0 Å². The van der Waals surface area contributed by atoms with Crippen LogP contribution in [0, 0.1) is 10.1 Å². The molecule has 29 heavy (non-hydrogen) atoms. The van der Waals surface area contributed by atoms with E-state index in [2.05, 4.69) is 0 Å². The number of nitro benzene ring substituents is 1. The van der Waals surface area contributed by atoms with Crippen LogP contribution < -0.4 is 0 Å². The molecule has 2 aromatic carbocycles. The maximum atomic E-state index is 13.3. The molecule has 3 heterocycles. The molecule has 2 aliphatic rings. The molecule has 7 nitrogen and oxygen atoms in total. The van der Waals surface area contributed by atoms with Gasteiger partial charge in [0.25, 0.3) is 11.6 Å². The number of carbonyl (C=O) groups excluding carboxylic acids is 2. The van der Waals surface area contributed by atoms with E-state index in [0.717, 1.165) is 22.2 Å². The van der Waals surface area contributed by atoms with Crippen LogP contribution in [0.5, 0.6) is 0 Å². The maximum absolute atomic E-state index is 13.3. The summed E-state index contributed by atoms with van der Waals surface area (Å²) in [6, 6.07) is 11.7. The van der Waals surface area contributed by atoms with Gasteiger partial charge < -0.3 is 4.90 Å². The molecule has 0 N–H and O–H groups in total. The Balaban J connectivity index is 1.61. The number of nitro groups is 1. The minimum atomic E-state index is -0.593. The maximum Gasteiger partial charge on any atom is 0.288 e. The average molecular weight is 410 g/mol. The lowest BCUT2D eigenvalue weighted by atomic mass is 9.91. The van der Waals surface area contributed by atoms with Crippen molar-refractivity contribution in [2.75, 3.05) is 6.54 Å². The molecule has 1 atom stereocenters. The van der Waals surface area contributed by atoms with Gasteiger partial charge in [-0.05, 0) is 36.6 Å². The Morgan fingerprint density at radius 3 is 2.76 bits per heavy atom. The highest BCUT2D eigenvalue weighted by Gasteiger charge is 2.40. The van der Waals surface area contributed by atoms with E-state index >= 15 is 0 Å². The van der Waals surface area contributed by atoms with Gasteiger partial charge in [0.05, 0.1) is 22.2 Å². The molecule has 0 aliphatic carbocycles. The molecule has 1 aromatic heterocycles. The second-order valence-corrected chi connectivity index (χ2v) is 7.74. The van der Waals surface area contributed by atoms with Crippen LogP contribution in [0.3, 0.4) is 0 Å². The van der Waals surface area contributed by atoms with Crippen LogP contribution in [-0.4, -0.2) is 32.7 Å². The minimum absolute atomic E-state index is 0.00382. The number of para-hydroxylation sites is 1. The summed E-state index contributed by atoms with van der Waals surface area (Å²) in [6.07, 6.45) is 1.53. The zero-order valence-corrected chi connectivity index (χ0v) is 16.1. The fourth-order valence-electron chi connectivity index (χ4n) is 4.60. The number of benzene rings is 2. The molecule has 8 heteroatoms. The molecule has 146 valence electrons. The number of fused-ring (bicyclic) bond motifs is 3. The van der Waals surface area contributed by atoms with Gasteiger partial charge in [0.2, 0.25) is 5.91 Å². The third-order valence-corrected chi connectivity index (χ3v) is 6.17. The van der Waals surface area contributed by atoms with E-state index in [0.29, 0.717) is 25.8 Å². The van der Waals surface area contributed by atoms with Crippen LogP contribution in [0.2, 0.25) is 5.02 Å². The fourth-order valence-corrected chi connectivity index (χ4v) is 4.79. The largest absolute Gasteiger partial charge is 0.330 e. The van der Waals surface area contributed by atoms with Gasteiger partial charge in [-0.1, -0.05) is 29.8 Å². The summed E-state index contributed by atoms with van der Waals surface area (Å²) in [6.45, 7) is 0.495. The van der Waals surface area contributed by atoms with Crippen LogP contribution >= 0.6 is 11.6 Å². The van der Waals surface area contributed by atoms with Crippen molar-refractivity contribution in [2.24, 2.45) is 0 Å². The second kappa shape index (κ2) is 6.42. The number of hydrogen-bond donors (Lipinski definition) is 0. The predicted molar refractivity (Wildman–Crippen MR) is 107 cm³/mol. The van der Waals surface area contributed by atoms with Crippen molar-refractivity contribution >= 4 is 40.0 Å². The quantitative estimate of drug-likeness (QED) is 0.464. The summed E-state index contributed by atoms with van der Waals surface area (Å²) >= 11 is 5.89. The standard InChI is InChI=1S/C21H16ClN3O4/c22-15-6-5-12(11-18(15)25(28)29)21(27)23-10-9-14-13-3-1-2-4-16(13)24-19(26)8-7-17(23)20(14)24/h1-6,11,17H,7-10H2. The normalized spacial score (nSPS) is 18.0. The van der Waals surface area contributed by atoms with E-state index < -0.39 is 4.92 Å². The number of aromatic nitrogens is 1. The molecule has 0 saturated heterocycles.